The van der Waals surface area contributed by atoms with Crippen LogP contribution in [0.3, 0.4) is 0 Å². The van der Waals surface area contributed by atoms with Crippen molar-refractivity contribution < 1.29 is 9.90 Å². The first-order valence-corrected chi connectivity index (χ1v) is 7.40. The van der Waals surface area contributed by atoms with Crippen LogP contribution in [0.5, 0.6) is 5.75 Å². The fourth-order valence-corrected chi connectivity index (χ4v) is 2.37. The molecule has 0 aliphatic carbocycles. The number of aromatic hydroxyl groups is 1. The molecule has 110 valence electrons. The average Bonchev–Trinajstić information content (AvgIpc) is 2.50. The molecule has 0 aromatic heterocycles. The van der Waals surface area contributed by atoms with Gasteiger partial charge in [-0.15, -0.1) is 11.6 Å². The molecule has 2 aromatic carbocycles. The van der Waals surface area contributed by atoms with Crippen LogP contribution in [0.4, 0.5) is 0 Å². The predicted molar refractivity (Wildman–Crippen MR) is 85.0 cm³/mol. The van der Waals surface area contributed by atoms with Crippen LogP contribution >= 0.6 is 23.2 Å². The van der Waals surface area contributed by atoms with E-state index in [1.807, 2.05) is 30.3 Å². The molecule has 1 amide bonds. The molecular formula is C16H15Cl2NO2. The Kier molecular flexibility index (Phi) is 5.48. The molecule has 5 heteroatoms. The minimum atomic E-state index is -0.165. The normalized spacial score (nSPS) is 10.4. The summed E-state index contributed by atoms with van der Waals surface area (Å²) in [7, 11) is 0. The van der Waals surface area contributed by atoms with E-state index < -0.39 is 0 Å². The van der Waals surface area contributed by atoms with Crippen LogP contribution in [-0.2, 0) is 6.54 Å². The zero-order valence-corrected chi connectivity index (χ0v) is 12.8. The van der Waals surface area contributed by atoms with Gasteiger partial charge in [-0.25, -0.2) is 0 Å². The van der Waals surface area contributed by atoms with Crippen molar-refractivity contribution in [3.05, 3.63) is 64.7 Å². The lowest BCUT2D eigenvalue weighted by atomic mass is 10.1. The van der Waals surface area contributed by atoms with Gasteiger partial charge < -0.3 is 10.0 Å². The summed E-state index contributed by atoms with van der Waals surface area (Å²) in [6, 6.07) is 14.1. The molecule has 0 saturated carbocycles. The Balaban J connectivity index is 2.20. The number of phenols is 1. The Morgan fingerprint density at radius 3 is 2.48 bits per heavy atom. The smallest absolute Gasteiger partial charge is 0.254 e. The second kappa shape index (κ2) is 7.34. The Bertz CT molecular complexity index is 617. The SMILES string of the molecule is O=C(c1ccc(O)c(Cl)c1)N(CCCl)Cc1ccccc1. The van der Waals surface area contributed by atoms with Crippen molar-refractivity contribution in [2.75, 3.05) is 12.4 Å². The van der Waals surface area contributed by atoms with Crippen LogP contribution in [0.1, 0.15) is 15.9 Å². The lowest BCUT2D eigenvalue weighted by molar-refractivity contribution is 0.0753. The molecule has 0 atom stereocenters. The summed E-state index contributed by atoms with van der Waals surface area (Å²) < 4.78 is 0. The summed E-state index contributed by atoms with van der Waals surface area (Å²) in [5.41, 5.74) is 1.46. The van der Waals surface area contributed by atoms with Gasteiger partial charge in [-0.1, -0.05) is 41.9 Å². The van der Waals surface area contributed by atoms with E-state index in [2.05, 4.69) is 0 Å². The molecule has 0 aliphatic heterocycles. The number of carbonyl (C=O) groups is 1. The molecule has 2 aromatic rings. The lowest BCUT2D eigenvalue weighted by Crippen LogP contribution is -2.32. The summed E-state index contributed by atoms with van der Waals surface area (Å²) in [6.45, 7) is 0.915. The van der Waals surface area contributed by atoms with Crippen molar-refractivity contribution in [3.63, 3.8) is 0 Å². The quantitative estimate of drug-likeness (QED) is 0.847. The van der Waals surface area contributed by atoms with Crippen molar-refractivity contribution in [2.24, 2.45) is 0 Å². The van der Waals surface area contributed by atoms with Gasteiger partial charge in [-0.3, -0.25) is 4.79 Å². The number of alkyl halides is 1. The van der Waals surface area contributed by atoms with Gasteiger partial charge in [0.15, 0.2) is 0 Å². The zero-order chi connectivity index (χ0) is 15.2. The van der Waals surface area contributed by atoms with E-state index in [-0.39, 0.29) is 16.7 Å². The van der Waals surface area contributed by atoms with Crippen LogP contribution in [-0.4, -0.2) is 28.3 Å². The van der Waals surface area contributed by atoms with Crippen LogP contribution in [0.25, 0.3) is 0 Å². The van der Waals surface area contributed by atoms with Gasteiger partial charge >= 0.3 is 0 Å². The van der Waals surface area contributed by atoms with Crippen molar-refractivity contribution in [2.45, 2.75) is 6.54 Å². The third kappa shape index (κ3) is 4.13. The predicted octanol–water partition coefficient (Wildman–Crippen LogP) is 3.93. The summed E-state index contributed by atoms with van der Waals surface area (Å²) in [6.07, 6.45) is 0. The van der Waals surface area contributed by atoms with E-state index >= 15 is 0 Å². The Morgan fingerprint density at radius 1 is 1.14 bits per heavy atom. The van der Waals surface area contributed by atoms with E-state index in [1.165, 1.54) is 12.1 Å². The van der Waals surface area contributed by atoms with Gasteiger partial charge in [0, 0.05) is 24.5 Å². The third-order valence-electron chi connectivity index (χ3n) is 3.05. The second-order valence-electron chi connectivity index (χ2n) is 4.57. The van der Waals surface area contributed by atoms with Crippen molar-refractivity contribution in [1.82, 2.24) is 4.90 Å². The fraction of sp³-hybridized carbons (Fsp3) is 0.188. The maximum atomic E-state index is 12.5. The first-order valence-electron chi connectivity index (χ1n) is 6.49. The largest absolute Gasteiger partial charge is 0.506 e. The van der Waals surface area contributed by atoms with Crippen molar-refractivity contribution >= 4 is 29.1 Å². The summed E-state index contributed by atoms with van der Waals surface area (Å²) in [5.74, 6) is 0.145. The first kappa shape index (κ1) is 15.7. The summed E-state index contributed by atoms with van der Waals surface area (Å²) in [4.78, 5) is 14.2. The molecule has 2 rings (SSSR count). The standard InChI is InChI=1S/C16H15Cl2NO2/c17-8-9-19(11-12-4-2-1-3-5-12)16(21)13-6-7-15(20)14(18)10-13/h1-7,10,20H,8-9,11H2. The molecule has 0 bridgehead atoms. The number of phenolic OH excluding ortho intramolecular Hbond substituents is 1. The van der Waals surface area contributed by atoms with Crippen molar-refractivity contribution in [3.8, 4) is 5.75 Å². The second-order valence-corrected chi connectivity index (χ2v) is 5.35. The average molecular weight is 324 g/mol. The number of amides is 1. The van der Waals surface area contributed by atoms with E-state index in [0.29, 0.717) is 24.5 Å². The summed E-state index contributed by atoms with van der Waals surface area (Å²) in [5, 5.41) is 9.58. The molecule has 0 heterocycles. The maximum absolute atomic E-state index is 12.5. The lowest BCUT2D eigenvalue weighted by Gasteiger charge is -2.22. The van der Waals surface area contributed by atoms with Crippen molar-refractivity contribution in [1.29, 1.82) is 0 Å². The maximum Gasteiger partial charge on any atom is 0.254 e. The highest BCUT2D eigenvalue weighted by molar-refractivity contribution is 6.32. The zero-order valence-electron chi connectivity index (χ0n) is 11.3. The molecule has 21 heavy (non-hydrogen) atoms. The molecule has 0 fully saturated rings. The highest BCUT2D eigenvalue weighted by Crippen LogP contribution is 2.24. The number of carbonyl (C=O) groups excluding carboxylic acids is 1. The van der Waals surface area contributed by atoms with E-state index in [1.54, 1.807) is 11.0 Å². The number of hydrogen-bond donors (Lipinski definition) is 1. The number of benzene rings is 2. The van der Waals surface area contributed by atoms with Gasteiger partial charge in [-0.2, -0.15) is 0 Å². The molecule has 0 spiro atoms. The van der Waals surface area contributed by atoms with Gasteiger partial charge in [0.2, 0.25) is 0 Å². The van der Waals surface area contributed by atoms with Crippen LogP contribution < -0.4 is 0 Å². The molecule has 0 radical (unpaired) electrons. The highest BCUT2D eigenvalue weighted by Gasteiger charge is 2.16. The van der Waals surface area contributed by atoms with E-state index in [4.69, 9.17) is 23.2 Å². The van der Waals surface area contributed by atoms with Gasteiger partial charge in [-0.05, 0) is 23.8 Å². The number of nitrogens with zero attached hydrogens (tertiary/aromatic N) is 1. The van der Waals surface area contributed by atoms with Gasteiger partial charge in [0.05, 0.1) is 5.02 Å². The topological polar surface area (TPSA) is 40.5 Å². The number of halogens is 2. The third-order valence-corrected chi connectivity index (χ3v) is 3.52. The monoisotopic (exact) mass is 323 g/mol. The first-order chi connectivity index (χ1) is 10.1. The number of rotatable bonds is 5. The van der Waals surface area contributed by atoms with Gasteiger partial charge in [0.25, 0.3) is 5.91 Å². The molecule has 3 nitrogen and oxygen atoms in total. The van der Waals surface area contributed by atoms with Crippen LogP contribution in [0.15, 0.2) is 48.5 Å². The Labute approximate surface area is 133 Å². The molecule has 1 N–H and O–H groups in total. The molecular weight excluding hydrogens is 309 g/mol. The van der Waals surface area contributed by atoms with Gasteiger partial charge in [0.1, 0.15) is 5.75 Å². The minimum Gasteiger partial charge on any atom is -0.506 e. The molecule has 0 aliphatic rings. The molecule has 0 saturated heterocycles. The number of hydrogen-bond acceptors (Lipinski definition) is 2. The highest BCUT2D eigenvalue weighted by atomic mass is 35.5. The van der Waals surface area contributed by atoms with E-state index in [0.717, 1.165) is 5.56 Å². The Hall–Kier alpha value is -1.71. The Morgan fingerprint density at radius 2 is 1.86 bits per heavy atom. The van der Waals surface area contributed by atoms with Crippen LogP contribution in [0.2, 0.25) is 5.02 Å². The van der Waals surface area contributed by atoms with Crippen LogP contribution in [0, 0.1) is 0 Å². The fourth-order valence-electron chi connectivity index (χ4n) is 1.98. The molecule has 0 unspecified atom stereocenters. The minimum absolute atomic E-state index is 0.0415. The summed E-state index contributed by atoms with van der Waals surface area (Å²) >= 11 is 11.6. The van der Waals surface area contributed by atoms with E-state index in [9.17, 15) is 9.90 Å².